The van der Waals surface area contributed by atoms with Crippen LogP contribution in [0.2, 0.25) is 0 Å². The quantitative estimate of drug-likeness (QED) is 0.680. The third-order valence-electron chi connectivity index (χ3n) is 2.39. The van der Waals surface area contributed by atoms with E-state index in [1.807, 2.05) is 4.72 Å². The lowest BCUT2D eigenvalue weighted by Gasteiger charge is -2.06. The van der Waals surface area contributed by atoms with Crippen LogP contribution < -0.4 is 4.72 Å². The van der Waals surface area contributed by atoms with Gasteiger partial charge in [0.1, 0.15) is 6.26 Å². The molecule has 2 aromatic rings. The van der Waals surface area contributed by atoms with Crippen LogP contribution in [-0.2, 0) is 10.0 Å². The maximum atomic E-state index is 13.5. The number of aryl methyl sites for hydroxylation is 1. The first-order valence-corrected chi connectivity index (χ1v) is 6.67. The van der Waals surface area contributed by atoms with Crippen LogP contribution in [0.25, 0.3) is 0 Å². The normalized spacial score (nSPS) is 11.3. The van der Waals surface area contributed by atoms with Crippen molar-refractivity contribution in [2.24, 2.45) is 0 Å². The van der Waals surface area contributed by atoms with Gasteiger partial charge in [-0.05, 0) is 18.6 Å². The molecule has 0 radical (unpaired) electrons. The monoisotopic (exact) mass is 301 g/mol. The van der Waals surface area contributed by atoms with Gasteiger partial charge in [0.2, 0.25) is 5.82 Å². The lowest BCUT2D eigenvalue weighted by Crippen LogP contribution is -2.14. The first-order valence-electron chi connectivity index (χ1n) is 5.19. The van der Waals surface area contributed by atoms with E-state index in [2.05, 4.69) is 9.68 Å². The van der Waals surface area contributed by atoms with E-state index in [0.29, 0.717) is 6.07 Å². The van der Waals surface area contributed by atoms with E-state index in [9.17, 15) is 22.9 Å². The van der Waals surface area contributed by atoms with E-state index >= 15 is 0 Å². The van der Waals surface area contributed by atoms with Crippen LogP contribution in [-0.4, -0.2) is 18.5 Å². The molecule has 0 saturated heterocycles. The second kappa shape index (κ2) is 4.89. The third kappa shape index (κ3) is 2.59. The number of halogens is 1. The Labute approximate surface area is 112 Å². The maximum Gasteiger partial charge on any atom is 0.306 e. The van der Waals surface area contributed by atoms with Crippen molar-refractivity contribution in [2.45, 2.75) is 11.8 Å². The number of aromatic nitrogens is 1. The van der Waals surface area contributed by atoms with Gasteiger partial charge in [-0.25, -0.2) is 8.42 Å². The SMILES string of the molecule is Cc1cc(S(=O)(=O)Nc2ccon2)cc([N+](=O)[O-])c1F. The Morgan fingerprint density at radius 2 is 2.15 bits per heavy atom. The molecule has 0 spiro atoms. The predicted octanol–water partition coefficient (Wildman–Crippen LogP) is 1.83. The van der Waals surface area contributed by atoms with Gasteiger partial charge < -0.3 is 4.52 Å². The third-order valence-corrected chi connectivity index (χ3v) is 3.73. The molecule has 0 bridgehead atoms. The van der Waals surface area contributed by atoms with Crippen molar-refractivity contribution in [1.29, 1.82) is 0 Å². The number of nitro benzene ring substituents is 1. The fourth-order valence-electron chi connectivity index (χ4n) is 1.47. The Balaban J connectivity index is 2.49. The first-order chi connectivity index (χ1) is 9.31. The van der Waals surface area contributed by atoms with Gasteiger partial charge in [-0.1, -0.05) is 5.16 Å². The largest absolute Gasteiger partial charge is 0.363 e. The molecule has 1 aromatic heterocycles. The van der Waals surface area contributed by atoms with Crippen molar-refractivity contribution in [1.82, 2.24) is 5.16 Å². The van der Waals surface area contributed by atoms with Crippen LogP contribution in [0.1, 0.15) is 5.56 Å². The van der Waals surface area contributed by atoms with Crippen molar-refractivity contribution in [2.75, 3.05) is 4.72 Å². The highest BCUT2D eigenvalue weighted by Crippen LogP contribution is 2.26. The fraction of sp³-hybridized carbons (Fsp3) is 0.100. The molecule has 0 unspecified atom stereocenters. The number of nitrogens with zero attached hydrogens (tertiary/aromatic N) is 2. The van der Waals surface area contributed by atoms with Gasteiger partial charge in [0, 0.05) is 12.1 Å². The second-order valence-corrected chi connectivity index (χ2v) is 5.50. The zero-order chi connectivity index (χ0) is 14.9. The van der Waals surface area contributed by atoms with Crippen LogP contribution in [0, 0.1) is 22.9 Å². The second-order valence-electron chi connectivity index (χ2n) is 3.82. The average molecular weight is 301 g/mol. The minimum atomic E-state index is -4.12. The van der Waals surface area contributed by atoms with Crippen LogP contribution in [0.15, 0.2) is 33.9 Å². The molecule has 1 aromatic carbocycles. The summed E-state index contributed by atoms with van der Waals surface area (Å²) in [4.78, 5) is 9.27. The number of hydrogen-bond donors (Lipinski definition) is 1. The lowest BCUT2D eigenvalue weighted by atomic mass is 10.2. The summed E-state index contributed by atoms with van der Waals surface area (Å²) in [7, 11) is -4.12. The minimum absolute atomic E-state index is 0.0883. The molecule has 106 valence electrons. The average Bonchev–Trinajstić information content (AvgIpc) is 2.83. The van der Waals surface area contributed by atoms with E-state index in [1.165, 1.54) is 13.0 Å². The number of sulfonamides is 1. The Morgan fingerprint density at radius 1 is 1.45 bits per heavy atom. The molecule has 0 fully saturated rings. The van der Waals surface area contributed by atoms with E-state index < -0.39 is 31.3 Å². The number of anilines is 1. The van der Waals surface area contributed by atoms with Gasteiger partial charge in [0.05, 0.1) is 9.82 Å². The minimum Gasteiger partial charge on any atom is -0.363 e. The summed E-state index contributed by atoms with van der Waals surface area (Å²) in [5.74, 6) is -1.16. The molecule has 0 amide bonds. The standard InChI is InChI=1S/C10H8FN3O5S/c1-6-4-7(5-8(10(6)11)14(15)16)20(17,18)13-9-2-3-19-12-9/h2-5H,1H3,(H,12,13). The summed E-state index contributed by atoms with van der Waals surface area (Å²) >= 11 is 0. The maximum absolute atomic E-state index is 13.5. The molecule has 10 heteroatoms. The predicted molar refractivity (Wildman–Crippen MR) is 65.1 cm³/mol. The van der Waals surface area contributed by atoms with E-state index in [-0.39, 0.29) is 11.4 Å². The number of nitrogens with one attached hydrogen (secondary N) is 1. The van der Waals surface area contributed by atoms with Crippen LogP contribution in [0.4, 0.5) is 15.9 Å². The van der Waals surface area contributed by atoms with Gasteiger partial charge in [-0.15, -0.1) is 0 Å². The first kappa shape index (κ1) is 13.9. The molecule has 8 nitrogen and oxygen atoms in total. The fourth-order valence-corrected chi connectivity index (χ4v) is 2.57. The Bertz CT molecular complexity index is 757. The number of benzene rings is 1. The van der Waals surface area contributed by atoms with Gasteiger partial charge in [-0.3, -0.25) is 14.8 Å². The summed E-state index contributed by atoms with van der Waals surface area (Å²) in [6, 6.07) is 2.89. The van der Waals surface area contributed by atoms with Crippen molar-refractivity contribution >= 4 is 21.5 Å². The van der Waals surface area contributed by atoms with Crippen molar-refractivity contribution in [3.05, 3.63) is 46.0 Å². The molecular weight excluding hydrogens is 293 g/mol. The number of rotatable bonds is 4. The summed E-state index contributed by atoms with van der Waals surface area (Å²) < 4.78 is 44.0. The Kier molecular flexibility index (Phi) is 3.40. The Hall–Kier alpha value is -2.49. The molecule has 0 aliphatic carbocycles. The molecule has 1 heterocycles. The van der Waals surface area contributed by atoms with Gasteiger partial charge >= 0.3 is 5.69 Å². The zero-order valence-corrected chi connectivity index (χ0v) is 10.8. The van der Waals surface area contributed by atoms with Crippen LogP contribution in [0.5, 0.6) is 0 Å². The topological polar surface area (TPSA) is 115 Å². The zero-order valence-electron chi connectivity index (χ0n) is 10.0. The van der Waals surface area contributed by atoms with E-state index in [4.69, 9.17) is 0 Å². The van der Waals surface area contributed by atoms with E-state index in [0.717, 1.165) is 12.3 Å². The van der Waals surface area contributed by atoms with Crippen molar-refractivity contribution in [3.63, 3.8) is 0 Å². The molecule has 0 aliphatic rings. The smallest absolute Gasteiger partial charge is 0.306 e. The molecule has 2 rings (SSSR count). The highest BCUT2D eigenvalue weighted by atomic mass is 32.2. The highest BCUT2D eigenvalue weighted by molar-refractivity contribution is 7.92. The Morgan fingerprint density at radius 3 is 2.70 bits per heavy atom. The van der Waals surface area contributed by atoms with Crippen molar-refractivity contribution < 1.29 is 22.3 Å². The molecular formula is C10H8FN3O5S. The molecule has 0 saturated carbocycles. The lowest BCUT2D eigenvalue weighted by molar-refractivity contribution is -0.387. The summed E-state index contributed by atoms with van der Waals surface area (Å²) in [5, 5.41) is 14.0. The summed E-state index contributed by atoms with van der Waals surface area (Å²) in [6.07, 6.45) is 1.15. The van der Waals surface area contributed by atoms with Crippen molar-refractivity contribution in [3.8, 4) is 0 Å². The highest BCUT2D eigenvalue weighted by Gasteiger charge is 2.24. The summed E-state index contributed by atoms with van der Waals surface area (Å²) in [5.41, 5.74) is -1.06. The van der Waals surface area contributed by atoms with Gasteiger partial charge in [0.25, 0.3) is 10.0 Å². The van der Waals surface area contributed by atoms with Crippen LogP contribution >= 0.6 is 0 Å². The molecule has 0 aliphatic heterocycles. The number of hydrogen-bond acceptors (Lipinski definition) is 6. The molecule has 0 atom stereocenters. The number of nitro groups is 1. The van der Waals surface area contributed by atoms with E-state index in [1.54, 1.807) is 0 Å². The van der Waals surface area contributed by atoms with Crippen LogP contribution in [0.3, 0.4) is 0 Å². The van der Waals surface area contributed by atoms with Gasteiger partial charge in [0.15, 0.2) is 5.82 Å². The molecule has 20 heavy (non-hydrogen) atoms. The molecule has 1 N–H and O–H groups in total. The van der Waals surface area contributed by atoms with Gasteiger partial charge in [-0.2, -0.15) is 4.39 Å². The summed E-state index contributed by atoms with van der Waals surface area (Å²) in [6.45, 7) is 1.23.